The molecule has 4 nitrogen and oxygen atoms in total. The van der Waals surface area contributed by atoms with Crippen LogP contribution in [-0.2, 0) is 0 Å². The van der Waals surface area contributed by atoms with E-state index < -0.39 is 0 Å². The van der Waals surface area contributed by atoms with E-state index in [2.05, 4.69) is 11.9 Å². The van der Waals surface area contributed by atoms with E-state index in [1.165, 1.54) is 0 Å². The van der Waals surface area contributed by atoms with Gasteiger partial charge in [0.25, 0.3) is 0 Å². The Hall–Kier alpha value is -0.420. The SMILES string of the molecule is CN1CCN(C(=O)N2CCSCC2)CC1. The lowest BCUT2D eigenvalue weighted by molar-refractivity contribution is 0.125. The molecule has 2 amide bonds. The normalized spacial score (nSPS) is 24.3. The van der Waals surface area contributed by atoms with E-state index in [-0.39, 0.29) is 6.03 Å². The second-order valence-corrected chi connectivity index (χ2v) is 5.40. The van der Waals surface area contributed by atoms with Crippen molar-refractivity contribution in [1.29, 1.82) is 0 Å². The van der Waals surface area contributed by atoms with Gasteiger partial charge < -0.3 is 14.7 Å². The Labute approximate surface area is 95.6 Å². The summed E-state index contributed by atoms with van der Waals surface area (Å²) in [5.74, 6) is 2.19. The maximum absolute atomic E-state index is 12.1. The molecule has 0 atom stereocenters. The number of piperazine rings is 1. The Kier molecular flexibility index (Phi) is 3.75. The number of nitrogens with zero attached hydrogens (tertiary/aromatic N) is 3. The third-order valence-electron chi connectivity index (χ3n) is 3.06. The predicted octanol–water partition coefficient (Wildman–Crippen LogP) is 0.403. The van der Waals surface area contributed by atoms with Crippen molar-refractivity contribution in [2.24, 2.45) is 0 Å². The number of hydrogen-bond donors (Lipinski definition) is 0. The molecule has 0 aliphatic carbocycles. The quantitative estimate of drug-likeness (QED) is 0.602. The van der Waals surface area contributed by atoms with Crippen molar-refractivity contribution in [3.05, 3.63) is 0 Å². The number of urea groups is 1. The van der Waals surface area contributed by atoms with Crippen LogP contribution in [0.1, 0.15) is 0 Å². The molecular formula is C10H19N3OS. The number of rotatable bonds is 0. The van der Waals surface area contributed by atoms with Gasteiger partial charge in [-0.3, -0.25) is 0 Å². The highest BCUT2D eigenvalue weighted by Gasteiger charge is 2.24. The van der Waals surface area contributed by atoms with Gasteiger partial charge >= 0.3 is 6.03 Å². The largest absolute Gasteiger partial charge is 0.323 e. The second-order valence-electron chi connectivity index (χ2n) is 4.17. The fraction of sp³-hybridized carbons (Fsp3) is 0.900. The standard InChI is InChI=1S/C10H19N3OS/c1-11-2-4-12(5-3-11)10(14)13-6-8-15-9-7-13/h2-9H2,1H3. The number of hydrogen-bond acceptors (Lipinski definition) is 3. The Balaban J connectivity index is 1.84. The first-order chi connectivity index (χ1) is 7.27. The molecule has 2 saturated heterocycles. The van der Waals surface area contributed by atoms with Gasteiger partial charge in [0, 0.05) is 50.8 Å². The highest BCUT2D eigenvalue weighted by molar-refractivity contribution is 7.99. The molecule has 2 aliphatic heterocycles. The fourth-order valence-corrected chi connectivity index (χ4v) is 2.86. The molecule has 2 rings (SSSR count). The summed E-state index contributed by atoms with van der Waals surface area (Å²) in [5.41, 5.74) is 0. The highest BCUT2D eigenvalue weighted by atomic mass is 32.2. The number of likely N-dealkylation sites (N-methyl/N-ethyl adjacent to an activating group) is 1. The van der Waals surface area contributed by atoms with Gasteiger partial charge in [-0.05, 0) is 7.05 Å². The summed E-state index contributed by atoms with van der Waals surface area (Å²) in [4.78, 5) is 18.4. The van der Waals surface area contributed by atoms with Crippen LogP contribution in [0.5, 0.6) is 0 Å². The predicted molar refractivity (Wildman–Crippen MR) is 63.4 cm³/mol. The van der Waals surface area contributed by atoms with Crippen molar-refractivity contribution in [2.75, 3.05) is 57.8 Å². The molecule has 0 N–H and O–H groups in total. The van der Waals surface area contributed by atoms with Crippen LogP contribution in [0.25, 0.3) is 0 Å². The zero-order chi connectivity index (χ0) is 10.7. The van der Waals surface area contributed by atoms with Crippen LogP contribution in [0.4, 0.5) is 4.79 Å². The van der Waals surface area contributed by atoms with Gasteiger partial charge in [0.05, 0.1) is 0 Å². The molecular weight excluding hydrogens is 210 g/mol. The molecule has 0 aromatic carbocycles. The third kappa shape index (κ3) is 2.78. The first kappa shape index (κ1) is 11.1. The van der Waals surface area contributed by atoms with Crippen molar-refractivity contribution >= 4 is 17.8 Å². The number of carbonyl (C=O) groups excluding carboxylic acids is 1. The maximum Gasteiger partial charge on any atom is 0.320 e. The minimum atomic E-state index is 0.253. The first-order valence-corrected chi connectivity index (χ1v) is 6.73. The zero-order valence-electron chi connectivity index (χ0n) is 9.31. The molecule has 2 aliphatic rings. The van der Waals surface area contributed by atoms with Crippen LogP contribution in [0, 0.1) is 0 Å². The number of carbonyl (C=O) groups is 1. The number of thioether (sulfide) groups is 1. The van der Waals surface area contributed by atoms with Gasteiger partial charge in [0.15, 0.2) is 0 Å². The minimum absolute atomic E-state index is 0.253. The third-order valence-corrected chi connectivity index (χ3v) is 4.00. The summed E-state index contributed by atoms with van der Waals surface area (Å²) in [6, 6.07) is 0.253. The van der Waals surface area contributed by atoms with Crippen LogP contribution in [0.3, 0.4) is 0 Å². The van der Waals surface area contributed by atoms with E-state index >= 15 is 0 Å². The van der Waals surface area contributed by atoms with E-state index in [4.69, 9.17) is 0 Å². The molecule has 2 fully saturated rings. The lowest BCUT2D eigenvalue weighted by Crippen LogP contribution is -2.53. The Morgan fingerprint density at radius 1 is 0.933 bits per heavy atom. The average molecular weight is 229 g/mol. The van der Waals surface area contributed by atoms with E-state index in [9.17, 15) is 4.79 Å². The summed E-state index contributed by atoms with van der Waals surface area (Å²) in [6.07, 6.45) is 0. The first-order valence-electron chi connectivity index (χ1n) is 5.57. The highest BCUT2D eigenvalue weighted by Crippen LogP contribution is 2.12. The summed E-state index contributed by atoms with van der Waals surface area (Å²) in [6.45, 7) is 5.65. The van der Waals surface area contributed by atoms with Crippen molar-refractivity contribution < 1.29 is 4.79 Å². The topological polar surface area (TPSA) is 26.8 Å². The molecule has 0 aromatic rings. The van der Waals surface area contributed by atoms with E-state index in [0.29, 0.717) is 0 Å². The number of amides is 2. The van der Waals surface area contributed by atoms with E-state index in [1.807, 2.05) is 21.6 Å². The van der Waals surface area contributed by atoms with Gasteiger partial charge in [-0.15, -0.1) is 0 Å². The van der Waals surface area contributed by atoms with Crippen molar-refractivity contribution in [3.8, 4) is 0 Å². The Morgan fingerprint density at radius 3 is 2.07 bits per heavy atom. The molecule has 0 radical (unpaired) electrons. The van der Waals surface area contributed by atoms with E-state index in [1.54, 1.807) is 0 Å². The van der Waals surface area contributed by atoms with E-state index in [0.717, 1.165) is 50.8 Å². The maximum atomic E-state index is 12.1. The van der Waals surface area contributed by atoms with Crippen LogP contribution in [-0.4, -0.2) is 78.6 Å². The smallest absolute Gasteiger partial charge is 0.320 e. The fourth-order valence-electron chi connectivity index (χ4n) is 1.95. The van der Waals surface area contributed by atoms with Crippen LogP contribution in [0.15, 0.2) is 0 Å². The molecule has 0 spiro atoms. The van der Waals surface area contributed by atoms with Gasteiger partial charge in [-0.25, -0.2) is 4.79 Å². The van der Waals surface area contributed by atoms with Crippen molar-refractivity contribution in [1.82, 2.24) is 14.7 Å². The zero-order valence-corrected chi connectivity index (χ0v) is 10.1. The van der Waals surface area contributed by atoms with Crippen molar-refractivity contribution in [2.45, 2.75) is 0 Å². The monoisotopic (exact) mass is 229 g/mol. The van der Waals surface area contributed by atoms with Gasteiger partial charge in [-0.2, -0.15) is 11.8 Å². The minimum Gasteiger partial charge on any atom is -0.323 e. The summed E-state index contributed by atoms with van der Waals surface area (Å²) in [7, 11) is 2.11. The van der Waals surface area contributed by atoms with Crippen LogP contribution >= 0.6 is 11.8 Å². The molecule has 0 aromatic heterocycles. The Morgan fingerprint density at radius 2 is 1.47 bits per heavy atom. The van der Waals surface area contributed by atoms with Crippen molar-refractivity contribution in [3.63, 3.8) is 0 Å². The Bertz CT molecular complexity index is 223. The van der Waals surface area contributed by atoms with Gasteiger partial charge in [-0.1, -0.05) is 0 Å². The lowest BCUT2D eigenvalue weighted by atomic mass is 10.3. The molecule has 86 valence electrons. The molecule has 0 unspecified atom stereocenters. The lowest BCUT2D eigenvalue weighted by Gasteiger charge is -2.37. The average Bonchev–Trinajstić information content (AvgIpc) is 2.30. The summed E-state index contributed by atoms with van der Waals surface area (Å²) >= 11 is 1.94. The molecule has 2 heterocycles. The van der Waals surface area contributed by atoms with Crippen LogP contribution < -0.4 is 0 Å². The summed E-state index contributed by atoms with van der Waals surface area (Å²) in [5, 5.41) is 0. The van der Waals surface area contributed by atoms with Gasteiger partial charge in [0.1, 0.15) is 0 Å². The van der Waals surface area contributed by atoms with Gasteiger partial charge in [0.2, 0.25) is 0 Å². The molecule has 15 heavy (non-hydrogen) atoms. The molecule has 5 heteroatoms. The van der Waals surface area contributed by atoms with Crippen LogP contribution in [0.2, 0.25) is 0 Å². The second kappa shape index (κ2) is 5.07. The molecule has 0 saturated carbocycles. The summed E-state index contributed by atoms with van der Waals surface area (Å²) < 4.78 is 0. The molecule has 0 bridgehead atoms.